The summed E-state index contributed by atoms with van der Waals surface area (Å²) in [5.41, 5.74) is 0. The Bertz CT molecular complexity index is 410. The van der Waals surface area contributed by atoms with E-state index in [9.17, 15) is 4.79 Å². The zero-order valence-electron chi connectivity index (χ0n) is 11.1. The van der Waals surface area contributed by atoms with E-state index in [1.165, 1.54) is 11.3 Å². The van der Waals surface area contributed by atoms with Crippen LogP contribution in [0.4, 0.5) is 5.13 Å². The molecule has 0 spiro atoms. The SMILES string of the molecule is CNc1nnc(C(=O)N2CCC(C(C)C)CC2)s1. The zero-order chi connectivity index (χ0) is 13.1. The Morgan fingerprint density at radius 2 is 2.06 bits per heavy atom. The van der Waals surface area contributed by atoms with Crippen molar-refractivity contribution in [2.75, 3.05) is 25.5 Å². The monoisotopic (exact) mass is 268 g/mol. The van der Waals surface area contributed by atoms with Gasteiger partial charge in [-0.05, 0) is 24.7 Å². The highest BCUT2D eigenvalue weighted by molar-refractivity contribution is 7.17. The fourth-order valence-electron chi connectivity index (χ4n) is 2.32. The van der Waals surface area contributed by atoms with Gasteiger partial charge in [-0.3, -0.25) is 4.79 Å². The summed E-state index contributed by atoms with van der Waals surface area (Å²) in [5.74, 6) is 1.48. The average molecular weight is 268 g/mol. The Morgan fingerprint density at radius 1 is 1.39 bits per heavy atom. The molecule has 6 heteroatoms. The van der Waals surface area contributed by atoms with Gasteiger partial charge in [0.1, 0.15) is 0 Å². The number of hydrogen-bond acceptors (Lipinski definition) is 5. The smallest absolute Gasteiger partial charge is 0.284 e. The Labute approximate surface area is 112 Å². The van der Waals surface area contributed by atoms with Crippen LogP contribution in [-0.4, -0.2) is 41.1 Å². The molecule has 0 radical (unpaired) electrons. The predicted octanol–water partition coefficient (Wildman–Crippen LogP) is 2.09. The Hall–Kier alpha value is -1.17. The summed E-state index contributed by atoms with van der Waals surface area (Å²) < 4.78 is 0. The highest BCUT2D eigenvalue weighted by Gasteiger charge is 2.26. The van der Waals surface area contributed by atoms with Crippen molar-refractivity contribution in [2.45, 2.75) is 26.7 Å². The van der Waals surface area contributed by atoms with Crippen molar-refractivity contribution in [3.05, 3.63) is 5.01 Å². The van der Waals surface area contributed by atoms with Crippen molar-refractivity contribution in [1.29, 1.82) is 0 Å². The Balaban J connectivity index is 1.95. The lowest BCUT2D eigenvalue weighted by Gasteiger charge is -2.33. The van der Waals surface area contributed by atoms with Gasteiger partial charge in [-0.25, -0.2) is 0 Å². The number of piperidine rings is 1. The molecule has 1 amide bonds. The minimum Gasteiger partial charge on any atom is -0.363 e. The molecule has 1 N–H and O–H groups in total. The maximum Gasteiger partial charge on any atom is 0.284 e. The number of carbonyl (C=O) groups excluding carboxylic acids is 1. The van der Waals surface area contributed by atoms with E-state index in [0.717, 1.165) is 31.8 Å². The lowest BCUT2D eigenvalue weighted by molar-refractivity contribution is 0.0666. The Morgan fingerprint density at radius 3 is 2.56 bits per heavy atom. The van der Waals surface area contributed by atoms with Gasteiger partial charge >= 0.3 is 0 Å². The van der Waals surface area contributed by atoms with Crippen molar-refractivity contribution in [2.24, 2.45) is 11.8 Å². The van der Waals surface area contributed by atoms with Crippen LogP contribution in [0.5, 0.6) is 0 Å². The summed E-state index contributed by atoms with van der Waals surface area (Å²) in [6.45, 7) is 6.20. The van der Waals surface area contributed by atoms with Crippen LogP contribution in [0.1, 0.15) is 36.5 Å². The summed E-state index contributed by atoms with van der Waals surface area (Å²) in [5, 5.41) is 11.9. The van der Waals surface area contributed by atoms with Crippen LogP contribution >= 0.6 is 11.3 Å². The van der Waals surface area contributed by atoms with E-state index in [2.05, 4.69) is 29.4 Å². The summed E-state index contributed by atoms with van der Waals surface area (Å²) in [6.07, 6.45) is 2.20. The molecule has 5 nitrogen and oxygen atoms in total. The van der Waals surface area contributed by atoms with Gasteiger partial charge in [0.2, 0.25) is 10.1 Å². The molecule has 0 unspecified atom stereocenters. The average Bonchev–Trinajstić information content (AvgIpc) is 2.86. The lowest BCUT2D eigenvalue weighted by atomic mass is 9.87. The van der Waals surface area contributed by atoms with Crippen molar-refractivity contribution in [1.82, 2.24) is 15.1 Å². The molecule has 1 aliphatic rings. The molecule has 0 saturated carbocycles. The first kappa shape index (κ1) is 13.3. The minimum atomic E-state index is 0.0243. The van der Waals surface area contributed by atoms with Gasteiger partial charge in [0.05, 0.1) is 0 Å². The second-order valence-corrected chi connectivity index (χ2v) is 6.01. The molecule has 2 heterocycles. The molecular formula is C12H20N4OS. The molecule has 100 valence electrons. The molecule has 0 bridgehead atoms. The fourth-order valence-corrected chi connectivity index (χ4v) is 2.98. The van der Waals surface area contributed by atoms with E-state index >= 15 is 0 Å². The predicted molar refractivity (Wildman–Crippen MR) is 72.9 cm³/mol. The minimum absolute atomic E-state index is 0.0243. The number of likely N-dealkylation sites (tertiary alicyclic amines) is 1. The number of amides is 1. The van der Waals surface area contributed by atoms with Gasteiger partial charge in [-0.15, -0.1) is 10.2 Å². The first-order chi connectivity index (χ1) is 8.61. The second kappa shape index (κ2) is 5.65. The first-order valence-electron chi connectivity index (χ1n) is 6.42. The van der Waals surface area contributed by atoms with Crippen LogP contribution in [0.25, 0.3) is 0 Å². The van der Waals surface area contributed by atoms with Gasteiger partial charge < -0.3 is 10.2 Å². The third-order valence-corrected chi connectivity index (χ3v) is 4.52. The lowest BCUT2D eigenvalue weighted by Crippen LogP contribution is -2.39. The quantitative estimate of drug-likeness (QED) is 0.912. The number of nitrogens with zero attached hydrogens (tertiary/aromatic N) is 3. The fraction of sp³-hybridized carbons (Fsp3) is 0.750. The molecule has 1 aromatic rings. The van der Waals surface area contributed by atoms with Crippen molar-refractivity contribution in [3.8, 4) is 0 Å². The third kappa shape index (κ3) is 2.80. The van der Waals surface area contributed by atoms with Gasteiger partial charge in [-0.1, -0.05) is 25.2 Å². The van der Waals surface area contributed by atoms with Crippen LogP contribution in [0.2, 0.25) is 0 Å². The van der Waals surface area contributed by atoms with E-state index in [1.54, 1.807) is 7.05 Å². The maximum absolute atomic E-state index is 12.2. The zero-order valence-corrected chi connectivity index (χ0v) is 12.0. The second-order valence-electron chi connectivity index (χ2n) is 5.04. The number of nitrogens with one attached hydrogen (secondary N) is 1. The molecule has 0 aromatic carbocycles. The van der Waals surface area contributed by atoms with Crippen molar-refractivity contribution < 1.29 is 4.79 Å². The summed E-state index contributed by atoms with van der Waals surface area (Å²) in [6, 6.07) is 0. The highest BCUT2D eigenvalue weighted by atomic mass is 32.1. The molecule has 1 aliphatic heterocycles. The molecule has 18 heavy (non-hydrogen) atoms. The van der Waals surface area contributed by atoms with Gasteiger partial charge in [0.15, 0.2) is 0 Å². The van der Waals surface area contributed by atoms with Gasteiger partial charge in [0, 0.05) is 20.1 Å². The third-order valence-electron chi connectivity index (χ3n) is 3.59. The van der Waals surface area contributed by atoms with E-state index in [-0.39, 0.29) is 5.91 Å². The van der Waals surface area contributed by atoms with E-state index < -0.39 is 0 Å². The molecular weight excluding hydrogens is 248 g/mol. The number of aromatic nitrogens is 2. The van der Waals surface area contributed by atoms with Crippen molar-refractivity contribution in [3.63, 3.8) is 0 Å². The van der Waals surface area contributed by atoms with E-state index in [0.29, 0.717) is 16.1 Å². The largest absolute Gasteiger partial charge is 0.363 e. The van der Waals surface area contributed by atoms with Crippen LogP contribution in [0.15, 0.2) is 0 Å². The standard InChI is InChI=1S/C12H20N4OS/c1-8(2)9-4-6-16(7-5-9)11(17)10-14-15-12(13-3)18-10/h8-9H,4-7H2,1-3H3,(H,13,15). The number of hydrogen-bond donors (Lipinski definition) is 1. The van der Waals surface area contributed by atoms with Gasteiger partial charge in [-0.2, -0.15) is 0 Å². The van der Waals surface area contributed by atoms with Crippen molar-refractivity contribution >= 4 is 22.4 Å². The van der Waals surface area contributed by atoms with Gasteiger partial charge in [0.25, 0.3) is 5.91 Å². The van der Waals surface area contributed by atoms with Crippen LogP contribution < -0.4 is 5.32 Å². The normalized spacial score (nSPS) is 17.2. The molecule has 1 fully saturated rings. The molecule has 2 rings (SSSR count). The number of rotatable bonds is 3. The summed E-state index contributed by atoms with van der Waals surface area (Å²) >= 11 is 1.32. The molecule has 0 atom stereocenters. The summed E-state index contributed by atoms with van der Waals surface area (Å²) in [4.78, 5) is 14.1. The highest BCUT2D eigenvalue weighted by Crippen LogP contribution is 2.26. The maximum atomic E-state index is 12.2. The van der Waals surface area contributed by atoms with Crippen LogP contribution in [0, 0.1) is 11.8 Å². The molecule has 0 aliphatic carbocycles. The van der Waals surface area contributed by atoms with E-state index in [1.807, 2.05) is 4.90 Å². The van der Waals surface area contributed by atoms with E-state index in [4.69, 9.17) is 0 Å². The number of carbonyl (C=O) groups is 1. The first-order valence-corrected chi connectivity index (χ1v) is 7.24. The topological polar surface area (TPSA) is 58.1 Å². The molecule has 1 saturated heterocycles. The number of anilines is 1. The Kier molecular flexibility index (Phi) is 4.16. The summed E-state index contributed by atoms with van der Waals surface area (Å²) in [7, 11) is 1.78. The van der Waals surface area contributed by atoms with Crippen LogP contribution in [0.3, 0.4) is 0 Å². The van der Waals surface area contributed by atoms with Crippen LogP contribution in [-0.2, 0) is 0 Å². The molecule has 1 aromatic heterocycles.